The van der Waals surface area contributed by atoms with Gasteiger partial charge in [0, 0.05) is 26.2 Å². The lowest BCUT2D eigenvalue weighted by molar-refractivity contribution is 0.204. The van der Waals surface area contributed by atoms with Crippen molar-refractivity contribution in [2.75, 3.05) is 32.7 Å². The van der Waals surface area contributed by atoms with Crippen LogP contribution in [-0.2, 0) is 0 Å². The van der Waals surface area contributed by atoms with Gasteiger partial charge >= 0.3 is 0 Å². The molecule has 2 nitrogen and oxygen atoms in total. The van der Waals surface area contributed by atoms with Crippen molar-refractivity contribution >= 4 is 9.39 Å². The number of nitrogens with zero attached hydrogens (tertiary/aromatic N) is 2. The number of piperazine rings is 1. The summed E-state index contributed by atoms with van der Waals surface area (Å²) < 4.78 is 2.30. The van der Waals surface area contributed by atoms with Crippen LogP contribution in [0.1, 0.15) is 6.92 Å². The molecule has 0 radical (unpaired) electrons. The monoisotopic (exact) mass is 146 g/mol. The number of hydrogen-bond acceptors (Lipinski definition) is 2. The molecule has 3 heteroatoms. The maximum absolute atomic E-state index is 2.75. The molecule has 54 valence electrons. The Bertz CT molecular complexity index is 79.1. The van der Waals surface area contributed by atoms with E-state index in [0.717, 1.165) is 0 Å². The van der Waals surface area contributed by atoms with E-state index < -0.39 is 0 Å². The normalized spacial score (nSPS) is 24.7. The molecule has 0 bridgehead atoms. The fourth-order valence-electron chi connectivity index (χ4n) is 1.08. The third-order valence-corrected chi connectivity index (χ3v) is 2.37. The lowest BCUT2D eigenvalue weighted by Crippen LogP contribution is -2.41. The summed E-state index contributed by atoms with van der Waals surface area (Å²) in [6.45, 7) is 8.31. The molecule has 1 unspecified atom stereocenters. The van der Waals surface area contributed by atoms with E-state index >= 15 is 0 Å². The van der Waals surface area contributed by atoms with Crippen LogP contribution in [0.15, 0.2) is 0 Å². The zero-order chi connectivity index (χ0) is 6.69. The van der Waals surface area contributed by atoms with E-state index in [1.54, 1.807) is 0 Å². The molecule has 0 saturated carbocycles. The van der Waals surface area contributed by atoms with Crippen molar-refractivity contribution in [3.8, 4) is 0 Å². The summed E-state index contributed by atoms with van der Waals surface area (Å²) in [7, 11) is 2.75. The Balaban J connectivity index is 2.18. The highest BCUT2D eigenvalue weighted by atomic mass is 31.0. The summed E-state index contributed by atoms with van der Waals surface area (Å²) >= 11 is 0. The molecule has 9 heavy (non-hydrogen) atoms. The molecule has 1 fully saturated rings. The van der Waals surface area contributed by atoms with E-state index in [2.05, 4.69) is 25.9 Å². The summed E-state index contributed by atoms with van der Waals surface area (Å²) in [5, 5.41) is 0. The second-order valence-corrected chi connectivity index (χ2v) is 3.20. The lowest BCUT2D eigenvalue weighted by Gasteiger charge is -2.30. The number of hydrogen-bond donors (Lipinski definition) is 0. The van der Waals surface area contributed by atoms with Crippen molar-refractivity contribution in [3.05, 3.63) is 0 Å². The van der Waals surface area contributed by atoms with Gasteiger partial charge in [0.15, 0.2) is 0 Å². The summed E-state index contributed by atoms with van der Waals surface area (Å²) in [5.41, 5.74) is 0. The third kappa shape index (κ3) is 2.21. The van der Waals surface area contributed by atoms with Gasteiger partial charge in [0.25, 0.3) is 0 Å². The molecule has 1 aliphatic rings. The SMILES string of the molecule is CCN1CCN(P)CC1. The smallest absolute Gasteiger partial charge is 0.0145 e. The number of likely N-dealkylation sites (N-methyl/N-ethyl adjacent to an activating group) is 1. The predicted octanol–water partition coefficient (Wildman–Crippen LogP) is 0.414. The van der Waals surface area contributed by atoms with Crippen molar-refractivity contribution in [1.82, 2.24) is 9.57 Å². The molecule has 1 saturated heterocycles. The van der Waals surface area contributed by atoms with Gasteiger partial charge in [0.2, 0.25) is 0 Å². The first-order valence-corrected chi connectivity index (χ1v) is 4.06. The van der Waals surface area contributed by atoms with Crippen LogP contribution in [0, 0.1) is 0 Å². The first-order chi connectivity index (χ1) is 4.33. The Morgan fingerprint density at radius 1 is 1.22 bits per heavy atom. The fourth-order valence-corrected chi connectivity index (χ4v) is 1.31. The first kappa shape index (κ1) is 7.46. The molecule has 1 heterocycles. The van der Waals surface area contributed by atoms with Crippen LogP contribution >= 0.6 is 9.39 Å². The van der Waals surface area contributed by atoms with Gasteiger partial charge in [-0.05, 0) is 6.54 Å². The van der Waals surface area contributed by atoms with E-state index in [1.807, 2.05) is 0 Å². The average molecular weight is 146 g/mol. The highest BCUT2D eigenvalue weighted by Gasteiger charge is 2.10. The second kappa shape index (κ2) is 3.50. The average Bonchev–Trinajstić information content (AvgIpc) is 1.90. The van der Waals surface area contributed by atoms with Crippen molar-refractivity contribution in [2.45, 2.75) is 6.92 Å². The Morgan fingerprint density at radius 3 is 2.22 bits per heavy atom. The van der Waals surface area contributed by atoms with Crippen molar-refractivity contribution < 1.29 is 0 Å². The Hall–Kier alpha value is 0.350. The van der Waals surface area contributed by atoms with E-state index in [4.69, 9.17) is 0 Å². The van der Waals surface area contributed by atoms with Gasteiger partial charge in [0.1, 0.15) is 0 Å². The van der Waals surface area contributed by atoms with E-state index in [9.17, 15) is 0 Å². The highest BCUT2D eigenvalue weighted by molar-refractivity contribution is 7.13. The maximum Gasteiger partial charge on any atom is 0.0145 e. The highest BCUT2D eigenvalue weighted by Crippen LogP contribution is 2.04. The molecule has 0 aromatic rings. The van der Waals surface area contributed by atoms with Crippen LogP contribution in [-0.4, -0.2) is 42.3 Å². The van der Waals surface area contributed by atoms with Crippen molar-refractivity contribution in [3.63, 3.8) is 0 Å². The minimum Gasteiger partial charge on any atom is -0.301 e. The Labute approximate surface area is 59.5 Å². The topological polar surface area (TPSA) is 6.48 Å². The first-order valence-electron chi connectivity index (χ1n) is 3.55. The largest absolute Gasteiger partial charge is 0.301 e. The Kier molecular flexibility index (Phi) is 2.90. The summed E-state index contributed by atoms with van der Waals surface area (Å²) in [6, 6.07) is 0. The van der Waals surface area contributed by atoms with Gasteiger partial charge in [-0.25, -0.2) is 0 Å². The minimum absolute atomic E-state index is 1.21. The molecule has 1 atom stereocenters. The van der Waals surface area contributed by atoms with Crippen LogP contribution in [0.5, 0.6) is 0 Å². The van der Waals surface area contributed by atoms with Gasteiger partial charge in [-0.2, -0.15) is 0 Å². The van der Waals surface area contributed by atoms with Crippen molar-refractivity contribution in [1.29, 1.82) is 0 Å². The van der Waals surface area contributed by atoms with Crippen molar-refractivity contribution in [2.24, 2.45) is 0 Å². The lowest BCUT2D eigenvalue weighted by atomic mass is 10.4. The molecule has 0 amide bonds. The van der Waals surface area contributed by atoms with Crippen LogP contribution in [0.25, 0.3) is 0 Å². The fraction of sp³-hybridized carbons (Fsp3) is 1.00. The van der Waals surface area contributed by atoms with Gasteiger partial charge < -0.3 is 4.90 Å². The summed E-state index contributed by atoms with van der Waals surface area (Å²) in [5.74, 6) is 0. The maximum atomic E-state index is 2.75. The van der Waals surface area contributed by atoms with Gasteiger partial charge in [-0.3, -0.25) is 4.67 Å². The summed E-state index contributed by atoms with van der Waals surface area (Å²) in [6.07, 6.45) is 0. The molecule has 0 N–H and O–H groups in total. The third-order valence-electron chi connectivity index (χ3n) is 1.85. The molecular weight excluding hydrogens is 131 g/mol. The van der Waals surface area contributed by atoms with Gasteiger partial charge in [-0.15, -0.1) is 0 Å². The van der Waals surface area contributed by atoms with E-state index in [-0.39, 0.29) is 0 Å². The Morgan fingerprint density at radius 2 is 1.78 bits per heavy atom. The zero-order valence-electron chi connectivity index (χ0n) is 6.01. The molecule has 0 aromatic heterocycles. The quantitative estimate of drug-likeness (QED) is 0.494. The number of rotatable bonds is 1. The molecule has 0 aromatic carbocycles. The van der Waals surface area contributed by atoms with Crippen LogP contribution in [0.4, 0.5) is 0 Å². The second-order valence-electron chi connectivity index (χ2n) is 2.47. The van der Waals surface area contributed by atoms with Crippen LogP contribution in [0.3, 0.4) is 0 Å². The van der Waals surface area contributed by atoms with Crippen LogP contribution in [0.2, 0.25) is 0 Å². The van der Waals surface area contributed by atoms with Crippen LogP contribution < -0.4 is 0 Å². The van der Waals surface area contributed by atoms with E-state index in [1.165, 1.54) is 32.7 Å². The molecule has 0 aliphatic carbocycles. The predicted molar refractivity (Wildman–Crippen MR) is 43.4 cm³/mol. The van der Waals surface area contributed by atoms with E-state index in [0.29, 0.717) is 0 Å². The molecular formula is C6H15N2P. The zero-order valence-corrected chi connectivity index (χ0v) is 7.16. The molecule has 1 rings (SSSR count). The van der Waals surface area contributed by atoms with Gasteiger partial charge in [0.05, 0.1) is 0 Å². The summed E-state index contributed by atoms with van der Waals surface area (Å²) in [4.78, 5) is 2.47. The van der Waals surface area contributed by atoms with Gasteiger partial charge in [-0.1, -0.05) is 16.3 Å². The molecule has 1 aliphatic heterocycles. The minimum atomic E-state index is 1.21. The standard InChI is InChI=1S/C6H15N2P/c1-2-7-3-5-8(9)6-4-7/h2-6,9H2,1H3. The molecule has 0 spiro atoms.